The number of nitrogens with one attached hydrogen (secondary N) is 3. The van der Waals surface area contributed by atoms with Crippen molar-refractivity contribution >= 4 is 22.8 Å². The average molecular weight is 599 g/mol. The summed E-state index contributed by atoms with van der Waals surface area (Å²) in [6.07, 6.45) is 5.37. The molecule has 4 aliphatic rings. The molecule has 0 spiro atoms. The first-order chi connectivity index (χ1) is 20.7. The van der Waals surface area contributed by atoms with Gasteiger partial charge in [-0.1, -0.05) is 11.2 Å². The van der Waals surface area contributed by atoms with Crippen molar-refractivity contribution < 1.29 is 32.5 Å². The molecule has 0 bridgehead atoms. The second-order valence-corrected chi connectivity index (χ2v) is 12.6. The number of rotatable bonds is 14. The molecule has 4 fully saturated rings. The SMILES string of the molecule is C[C@@H](OC1CC1)[C@H](NC(=O)c1nonc1C1CC1)c1nc2ccc([C@@H](COC3CC3)NC(=O)CC3CC(F)(F)C3)cc2[nH]1. The fourth-order valence-electron chi connectivity index (χ4n) is 5.73. The maximum atomic E-state index is 13.3. The van der Waals surface area contributed by atoms with Crippen LogP contribution in [-0.2, 0) is 14.3 Å². The smallest absolute Gasteiger partial charge is 0.276 e. The van der Waals surface area contributed by atoms with Crippen LogP contribution < -0.4 is 10.6 Å². The van der Waals surface area contributed by atoms with Crippen LogP contribution in [0.25, 0.3) is 11.0 Å². The highest BCUT2D eigenvalue weighted by Gasteiger charge is 2.46. The van der Waals surface area contributed by atoms with Gasteiger partial charge in [-0.25, -0.2) is 18.4 Å². The summed E-state index contributed by atoms with van der Waals surface area (Å²) in [5.74, 6) is -2.91. The Bertz CT molecular complexity index is 1490. The molecule has 0 radical (unpaired) electrons. The molecule has 13 heteroatoms. The first kappa shape index (κ1) is 28.3. The highest BCUT2D eigenvalue weighted by Crippen LogP contribution is 2.44. The number of amides is 2. The number of carbonyl (C=O) groups excluding carboxylic acids is 2. The van der Waals surface area contributed by atoms with Crippen molar-refractivity contribution in [3.8, 4) is 0 Å². The van der Waals surface area contributed by atoms with E-state index in [-0.39, 0.29) is 67.6 Å². The summed E-state index contributed by atoms with van der Waals surface area (Å²) in [4.78, 5) is 34.2. The molecular weight excluding hydrogens is 562 g/mol. The zero-order valence-corrected chi connectivity index (χ0v) is 24.0. The van der Waals surface area contributed by atoms with Gasteiger partial charge in [0.1, 0.15) is 17.6 Å². The summed E-state index contributed by atoms with van der Waals surface area (Å²) in [6.45, 7) is 2.19. The van der Waals surface area contributed by atoms with Gasteiger partial charge in [-0.05, 0) is 74.2 Å². The Labute approximate surface area is 246 Å². The molecular formula is C30H36F2N6O5. The van der Waals surface area contributed by atoms with Crippen LogP contribution in [0.4, 0.5) is 8.78 Å². The van der Waals surface area contributed by atoms with Gasteiger partial charge in [0, 0.05) is 25.2 Å². The number of imidazole rings is 1. The molecule has 7 rings (SSSR count). The molecule has 230 valence electrons. The highest BCUT2D eigenvalue weighted by molar-refractivity contribution is 5.93. The molecule has 0 unspecified atom stereocenters. The summed E-state index contributed by atoms with van der Waals surface area (Å²) in [5, 5.41) is 13.9. The molecule has 11 nitrogen and oxygen atoms in total. The van der Waals surface area contributed by atoms with Crippen molar-refractivity contribution in [1.82, 2.24) is 30.9 Å². The molecule has 43 heavy (non-hydrogen) atoms. The van der Waals surface area contributed by atoms with Gasteiger partial charge < -0.3 is 25.1 Å². The second kappa shape index (κ2) is 11.2. The largest absolute Gasteiger partial charge is 0.376 e. The van der Waals surface area contributed by atoms with E-state index in [1.807, 2.05) is 25.1 Å². The first-order valence-electron chi connectivity index (χ1n) is 15.3. The van der Waals surface area contributed by atoms with Crippen LogP contribution in [0.2, 0.25) is 0 Å². The molecule has 2 aromatic heterocycles. The number of halogens is 2. The number of ether oxygens (including phenoxy) is 2. The number of hydrogen-bond donors (Lipinski definition) is 3. The summed E-state index contributed by atoms with van der Waals surface area (Å²) in [5.41, 5.74) is 2.97. The van der Waals surface area contributed by atoms with Crippen LogP contribution >= 0.6 is 0 Å². The Kier molecular flexibility index (Phi) is 7.40. The number of hydrogen-bond acceptors (Lipinski definition) is 8. The molecule has 1 aromatic carbocycles. The van der Waals surface area contributed by atoms with E-state index in [0.29, 0.717) is 17.0 Å². The summed E-state index contributed by atoms with van der Waals surface area (Å²) in [6, 6.07) is 4.60. The van der Waals surface area contributed by atoms with E-state index in [0.717, 1.165) is 49.6 Å². The lowest BCUT2D eigenvalue weighted by Gasteiger charge is -2.34. The Morgan fingerprint density at radius 2 is 1.86 bits per heavy atom. The first-order valence-corrected chi connectivity index (χ1v) is 15.3. The third kappa shape index (κ3) is 6.72. The zero-order chi connectivity index (χ0) is 29.7. The molecule has 3 aromatic rings. The minimum atomic E-state index is -2.66. The fraction of sp³-hybridized carbons (Fsp3) is 0.633. The minimum Gasteiger partial charge on any atom is -0.376 e. The third-order valence-electron chi connectivity index (χ3n) is 8.61. The number of aromatic amines is 1. The standard InChI is InChI=1S/C30H36F2N6O5/c1-15(42-20-7-8-20)25(36-29(40)27-26(17-2-3-17)37-43-38-27)28-34-21-9-4-18(11-22(21)35-28)23(14-41-19-5-6-19)33-24(39)10-16-12-30(31,32)13-16/h4,9,11,15-17,19-20,23,25H,2-3,5-8,10,12-14H2,1H3,(H,33,39)(H,34,35)(H,36,40)/t15-,23-,25+/m1/s1. The van der Waals surface area contributed by atoms with E-state index in [2.05, 4.69) is 25.9 Å². The number of aromatic nitrogens is 4. The molecule has 2 amide bonds. The van der Waals surface area contributed by atoms with Crippen LogP contribution in [0.3, 0.4) is 0 Å². The molecule has 0 aliphatic heterocycles. The van der Waals surface area contributed by atoms with Crippen LogP contribution in [0.15, 0.2) is 22.8 Å². The van der Waals surface area contributed by atoms with Crippen LogP contribution in [-0.4, -0.2) is 62.9 Å². The number of alkyl halides is 2. The van der Waals surface area contributed by atoms with E-state index in [4.69, 9.17) is 19.1 Å². The van der Waals surface area contributed by atoms with Crippen molar-refractivity contribution in [1.29, 1.82) is 0 Å². The zero-order valence-electron chi connectivity index (χ0n) is 24.0. The Hall–Kier alpha value is -3.45. The number of nitrogens with zero attached hydrogens (tertiary/aromatic N) is 3. The van der Waals surface area contributed by atoms with Crippen molar-refractivity contribution in [2.75, 3.05) is 6.61 Å². The van der Waals surface area contributed by atoms with Crippen molar-refractivity contribution in [2.45, 2.75) is 107 Å². The number of fused-ring (bicyclic) bond motifs is 1. The molecule has 2 heterocycles. The van der Waals surface area contributed by atoms with Gasteiger partial charge in [-0.3, -0.25) is 9.59 Å². The van der Waals surface area contributed by atoms with Gasteiger partial charge in [0.05, 0.1) is 42.0 Å². The highest BCUT2D eigenvalue weighted by atomic mass is 19.3. The predicted octanol–water partition coefficient (Wildman–Crippen LogP) is 4.63. The normalized spacial score (nSPS) is 22.1. The molecule has 3 atom stereocenters. The van der Waals surface area contributed by atoms with E-state index in [1.54, 1.807) is 0 Å². The summed E-state index contributed by atoms with van der Waals surface area (Å²) >= 11 is 0. The molecule has 0 saturated heterocycles. The van der Waals surface area contributed by atoms with Gasteiger partial charge in [0.2, 0.25) is 11.8 Å². The summed E-state index contributed by atoms with van der Waals surface area (Å²) < 4.78 is 43.6. The van der Waals surface area contributed by atoms with Gasteiger partial charge in [0.25, 0.3) is 5.91 Å². The lowest BCUT2D eigenvalue weighted by molar-refractivity contribution is -0.134. The average Bonchev–Trinajstić information content (AvgIpc) is 3.89. The van der Waals surface area contributed by atoms with Crippen molar-refractivity contribution in [3.63, 3.8) is 0 Å². The summed E-state index contributed by atoms with van der Waals surface area (Å²) in [7, 11) is 0. The Morgan fingerprint density at radius 1 is 1.09 bits per heavy atom. The maximum absolute atomic E-state index is 13.3. The van der Waals surface area contributed by atoms with Crippen LogP contribution in [0, 0.1) is 5.92 Å². The number of benzene rings is 1. The van der Waals surface area contributed by atoms with Gasteiger partial charge in [0.15, 0.2) is 5.69 Å². The lowest BCUT2D eigenvalue weighted by atomic mass is 9.79. The molecule has 3 N–H and O–H groups in total. The minimum absolute atomic E-state index is 0.0652. The molecule has 4 aliphatic carbocycles. The van der Waals surface area contributed by atoms with E-state index >= 15 is 0 Å². The maximum Gasteiger partial charge on any atom is 0.276 e. The lowest BCUT2D eigenvalue weighted by Crippen LogP contribution is -2.40. The Balaban J connectivity index is 1.10. The molecule has 4 saturated carbocycles. The van der Waals surface area contributed by atoms with Crippen molar-refractivity contribution in [2.24, 2.45) is 5.92 Å². The van der Waals surface area contributed by atoms with E-state index in [1.165, 1.54) is 0 Å². The fourth-order valence-corrected chi connectivity index (χ4v) is 5.73. The second-order valence-electron chi connectivity index (χ2n) is 12.6. The monoisotopic (exact) mass is 598 g/mol. The van der Waals surface area contributed by atoms with E-state index in [9.17, 15) is 18.4 Å². The Morgan fingerprint density at radius 3 is 2.56 bits per heavy atom. The van der Waals surface area contributed by atoms with Crippen molar-refractivity contribution in [3.05, 3.63) is 41.0 Å². The van der Waals surface area contributed by atoms with Gasteiger partial charge in [-0.15, -0.1) is 0 Å². The van der Waals surface area contributed by atoms with Gasteiger partial charge in [-0.2, -0.15) is 0 Å². The van der Waals surface area contributed by atoms with Crippen LogP contribution in [0.1, 0.15) is 110 Å². The number of H-pyrrole nitrogens is 1. The predicted molar refractivity (Wildman–Crippen MR) is 148 cm³/mol. The third-order valence-corrected chi connectivity index (χ3v) is 8.61. The quantitative estimate of drug-likeness (QED) is 0.244. The van der Waals surface area contributed by atoms with Crippen LogP contribution in [0.5, 0.6) is 0 Å². The topological polar surface area (TPSA) is 144 Å². The van der Waals surface area contributed by atoms with E-state index < -0.39 is 23.9 Å². The van der Waals surface area contributed by atoms with Gasteiger partial charge >= 0.3 is 0 Å². The number of carbonyl (C=O) groups is 2.